The van der Waals surface area contributed by atoms with E-state index in [1.165, 1.54) is 0 Å². The van der Waals surface area contributed by atoms with Gasteiger partial charge in [-0.2, -0.15) is 0 Å². The van der Waals surface area contributed by atoms with Crippen LogP contribution in [0.5, 0.6) is 5.75 Å². The summed E-state index contributed by atoms with van der Waals surface area (Å²) in [6.07, 6.45) is 1.67. The van der Waals surface area contributed by atoms with Gasteiger partial charge in [-0.05, 0) is 71.9 Å². The lowest BCUT2D eigenvalue weighted by molar-refractivity contribution is -0.127. The summed E-state index contributed by atoms with van der Waals surface area (Å²) < 4.78 is 5.08. The van der Waals surface area contributed by atoms with Crippen molar-refractivity contribution in [3.05, 3.63) is 89.3 Å². The number of benzene rings is 3. The van der Waals surface area contributed by atoms with E-state index in [2.05, 4.69) is 5.32 Å². The van der Waals surface area contributed by atoms with Gasteiger partial charge in [-0.3, -0.25) is 19.3 Å². The Morgan fingerprint density at radius 3 is 2.30 bits per heavy atom. The van der Waals surface area contributed by atoms with Gasteiger partial charge in [-0.25, -0.2) is 0 Å². The van der Waals surface area contributed by atoms with E-state index >= 15 is 0 Å². The molecule has 3 aromatic rings. The van der Waals surface area contributed by atoms with Crippen LogP contribution in [0.3, 0.4) is 0 Å². The van der Waals surface area contributed by atoms with Crippen LogP contribution >= 0.6 is 23.5 Å². The highest BCUT2D eigenvalue weighted by Gasteiger charge is 2.36. The van der Waals surface area contributed by atoms with Gasteiger partial charge in [0.1, 0.15) is 12.3 Å². The monoisotopic (exact) mass is 476 g/mol. The van der Waals surface area contributed by atoms with Gasteiger partial charge in [-0.1, -0.05) is 42.1 Å². The van der Waals surface area contributed by atoms with E-state index < -0.39 is 17.1 Å². The van der Waals surface area contributed by atoms with E-state index in [0.717, 1.165) is 32.0 Å². The van der Waals surface area contributed by atoms with E-state index in [0.29, 0.717) is 16.3 Å². The second-order valence-corrected chi connectivity index (χ2v) is 9.17. The molecule has 0 spiro atoms. The van der Waals surface area contributed by atoms with Gasteiger partial charge in [0.2, 0.25) is 5.91 Å². The first-order valence-electron chi connectivity index (χ1n) is 10.0. The molecular formula is C25H20N2O4S2. The first kappa shape index (κ1) is 22.7. The molecule has 0 radical (unpaired) electrons. The fraction of sp³-hybridized carbons (Fsp3) is 0.0800. The minimum atomic E-state index is -0.474. The molecule has 0 bridgehead atoms. The third kappa shape index (κ3) is 5.85. The lowest BCUT2D eigenvalue weighted by Gasteiger charge is -2.12. The number of carbonyl (C=O) groups is 3. The average molecular weight is 477 g/mol. The van der Waals surface area contributed by atoms with E-state index in [9.17, 15) is 14.4 Å². The van der Waals surface area contributed by atoms with Gasteiger partial charge in [0.25, 0.3) is 11.1 Å². The number of anilines is 1. The van der Waals surface area contributed by atoms with Crippen molar-refractivity contribution >= 4 is 52.3 Å². The fourth-order valence-corrected chi connectivity index (χ4v) is 4.74. The molecule has 0 unspecified atom stereocenters. The number of methoxy groups -OCH3 is 1. The van der Waals surface area contributed by atoms with Gasteiger partial charge in [-0.15, -0.1) is 0 Å². The Labute approximate surface area is 200 Å². The SMILES string of the molecule is COc1ccc(NC(=O)CN2C(=O)S/C(=C/c3ccc(Sc4ccccc4)cc3)C2=O)cc1. The zero-order valence-corrected chi connectivity index (χ0v) is 19.3. The highest BCUT2D eigenvalue weighted by molar-refractivity contribution is 8.18. The van der Waals surface area contributed by atoms with Gasteiger partial charge in [0, 0.05) is 15.5 Å². The summed E-state index contributed by atoms with van der Waals surface area (Å²) in [5, 5.41) is 2.21. The summed E-state index contributed by atoms with van der Waals surface area (Å²) in [7, 11) is 1.55. The van der Waals surface area contributed by atoms with E-state index in [4.69, 9.17) is 4.74 Å². The summed E-state index contributed by atoms with van der Waals surface area (Å²) in [4.78, 5) is 40.9. The number of nitrogens with zero attached hydrogens (tertiary/aromatic N) is 1. The summed E-state index contributed by atoms with van der Waals surface area (Å²) in [5.74, 6) is -0.264. The van der Waals surface area contributed by atoms with E-state index in [1.54, 1.807) is 49.2 Å². The molecule has 3 amide bonds. The number of imide groups is 1. The number of hydrogen-bond donors (Lipinski definition) is 1. The van der Waals surface area contributed by atoms with Gasteiger partial charge < -0.3 is 10.1 Å². The molecule has 0 aliphatic carbocycles. The van der Waals surface area contributed by atoms with Crippen LogP contribution in [-0.4, -0.2) is 35.6 Å². The molecule has 0 atom stereocenters. The van der Waals surface area contributed by atoms with Crippen LogP contribution in [0, 0.1) is 0 Å². The fourth-order valence-electron chi connectivity index (χ4n) is 3.06. The smallest absolute Gasteiger partial charge is 0.294 e. The normalized spacial score (nSPS) is 14.6. The minimum Gasteiger partial charge on any atom is -0.497 e. The van der Waals surface area contributed by atoms with Crippen LogP contribution in [0.15, 0.2) is 93.6 Å². The maximum Gasteiger partial charge on any atom is 0.294 e. The van der Waals surface area contributed by atoms with Crippen molar-refractivity contribution in [1.82, 2.24) is 4.90 Å². The molecule has 1 fully saturated rings. The van der Waals surface area contributed by atoms with Crippen LogP contribution in [0.2, 0.25) is 0 Å². The Hall–Kier alpha value is -3.49. The van der Waals surface area contributed by atoms with Crippen molar-refractivity contribution in [2.24, 2.45) is 0 Å². The third-order valence-electron chi connectivity index (χ3n) is 4.71. The van der Waals surface area contributed by atoms with Crippen LogP contribution < -0.4 is 10.1 Å². The molecule has 0 saturated carbocycles. The molecule has 166 valence electrons. The van der Waals surface area contributed by atoms with Gasteiger partial charge >= 0.3 is 0 Å². The lowest BCUT2D eigenvalue weighted by Crippen LogP contribution is -2.36. The molecule has 1 saturated heterocycles. The van der Waals surface area contributed by atoms with Crippen LogP contribution in [0.25, 0.3) is 6.08 Å². The quantitative estimate of drug-likeness (QED) is 0.453. The minimum absolute atomic E-state index is 0.292. The number of hydrogen-bond acceptors (Lipinski definition) is 6. The molecule has 1 N–H and O–H groups in total. The Balaban J connectivity index is 1.38. The highest BCUT2D eigenvalue weighted by atomic mass is 32.2. The summed E-state index contributed by atoms with van der Waals surface area (Å²) in [5.41, 5.74) is 1.36. The molecule has 6 nitrogen and oxygen atoms in total. The summed E-state index contributed by atoms with van der Waals surface area (Å²) >= 11 is 2.48. The van der Waals surface area contributed by atoms with Crippen LogP contribution in [-0.2, 0) is 9.59 Å². The standard InChI is InChI=1S/C25H20N2O4S2/c1-31-19-11-9-18(10-12-19)26-23(28)16-27-24(29)22(33-25(27)30)15-17-7-13-21(14-8-17)32-20-5-3-2-4-6-20/h2-15H,16H2,1H3,(H,26,28)/b22-15+. The zero-order valence-electron chi connectivity index (χ0n) is 17.7. The van der Waals surface area contributed by atoms with E-state index in [-0.39, 0.29) is 6.54 Å². The molecule has 1 aliphatic heterocycles. The van der Waals surface area contributed by atoms with Crippen molar-refractivity contribution in [1.29, 1.82) is 0 Å². The Kier molecular flexibility index (Phi) is 7.16. The topological polar surface area (TPSA) is 75.7 Å². The summed E-state index contributed by atoms with van der Waals surface area (Å²) in [6.45, 7) is -0.347. The highest BCUT2D eigenvalue weighted by Crippen LogP contribution is 2.33. The molecule has 33 heavy (non-hydrogen) atoms. The molecule has 8 heteroatoms. The predicted octanol–water partition coefficient (Wildman–Crippen LogP) is 5.52. The molecule has 1 aliphatic rings. The average Bonchev–Trinajstić information content (AvgIpc) is 3.09. The molecule has 0 aromatic heterocycles. The molecule has 3 aromatic carbocycles. The molecule has 1 heterocycles. The molecular weight excluding hydrogens is 456 g/mol. The Morgan fingerprint density at radius 2 is 1.64 bits per heavy atom. The maximum absolute atomic E-state index is 12.7. The van der Waals surface area contributed by atoms with Crippen molar-refractivity contribution in [2.45, 2.75) is 9.79 Å². The van der Waals surface area contributed by atoms with Crippen molar-refractivity contribution < 1.29 is 19.1 Å². The van der Waals surface area contributed by atoms with Crippen LogP contribution in [0.4, 0.5) is 10.5 Å². The number of thioether (sulfide) groups is 1. The number of ether oxygens (including phenoxy) is 1. The Morgan fingerprint density at radius 1 is 0.970 bits per heavy atom. The second-order valence-electron chi connectivity index (χ2n) is 7.03. The molecule has 4 rings (SSSR count). The number of rotatable bonds is 7. The summed E-state index contributed by atoms with van der Waals surface area (Å²) in [6, 6.07) is 24.6. The van der Waals surface area contributed by atoms with Crippen molar-refractivity contribution in [3.63, 3.8) is 0 Å². The third-order valence-corrected chi connectivity index (χ3v) is 6.63. The predicted molar refractivity (Wildman–Crippen MR) is 131 cm³/mol. The largest absolute Gasteiger partial charge is 0.497 e. The van der Waals surface area contributed by atoms with Crippen molar-refractivity contribution in [2.75, 3.05) is 19.0 Å². The first-order chi connectivity index (χ1) is 16.0. The van der Waals surface area contributed by atoms with Gasteiger partial charge in [0.15, 0.2) is 0 Å². The van der Waals surface area contributed by atoms with E-state index in [1.807, 2.05) is 54.6 Å². The number of nitrogens with one attached hydrogen (secondary N) is 1. The lowest BCUT2D eigenvalue weighted by atomic mass is 10.2. The first-order valence-corrected chi connectivity index (χ1v) is 11.7. The maximum atomic E-state index is 12.7. The second kappa shape index (κ2) is 10.4. The van der Waals surface area contributed by atoms with Crippen molar-refractivity contribution in [3.8, 4) is 5.75 Å². The Bertz CT molecular complexity index is 1190. The number of carbonyl (C=O) groups excluding carboxylic acids is 3. The number of amides is 3. The van der Waals surface area contributed by atoms with Crippen LogP contribution in [0.1, 0.15) is 5.56 Å². The van der Waals surface area contributed by atoms with Gasteiger partial charge in [0.05, 0.1) is 12.0 Å². The zero-order chi connectivity index (χ0) is 23.2.